The van der Waals surface area contributed by atoms with Crippen molar-refractivity contribution in [3.05, 3.63) is 59.7 Å². The van der Waals surface area contributed by atoms with Crippen molar-refractivity contribution in [2.75, 3.05) is 13.7 Å². The van der Waals surface area contributed by atoms with Crippen LogP contribution in [0.5, 0.6) is 5.75 Å². The molecule has 0 atom stereocenters. The summed E-state index contributed by atoms with van der Waals surface area (Å²) in [7, 11) is 1.67. The van der Waals surface area contributed by atoms with Gasteiger partial charge in [-0.1, -0.05) is 30.0 Å². The minimum absolute atomic E-state index is 0.107. The summed E-state index contributed by atoms with van der Waals surface area (Å²) in [6.45, 7) is 0.107. The lowest BCUT2D eigenvalue weighted by Gasteiger charge is -2.05. The third-order valence-corrected chi connectivity index (χ3v) is 3.99. The highest BCUT2D eigenvalue weighted by Crippen LogP contribution is 2.26. The van der Waals surface area contributed by atoms with E-state index in [0.29, 0.717) is 6.42 Å². The Bertz CT molecular complexity index is 624. The topological polar surface area (TPSA) is 29.5 Å². The van der Waals surface area contributed by atoms with Crippen LogP contribution in [-0.2, 0) is 5.75 Å². The highest BCUT2D eigenvalue weighted by Gasteiger charge is 2.01. The monoisotopic (exact) mass is 298 g/mol. The zero-order valence-corrected chi connectivity index (χ0v) is 12.8. The fourth-order valence-corrected chi connectivity index (χ4v) is 2.72. The molecule has 3 heteroatoms. The van der Waals surface area contributed by atoms with Crippen molar-refractivity contribution in [2.45, 2.75) is 17.1 Å². The lowest BCUT2D eigenvalue weighted by molar-refractivity contribution is 0.305. The first-order valence-electron chi connectivity index (χ1n) is 6.78. The van der Waals surface area contributed by atoms with E-state index in [0.717, 1.165) is 17.1 Å². The summed E-state index contributed by atoms with van der Waals surface area (Å²) in [6.07, 6.45) is 0.514. The Kier molecular flexibility index (Phi) is 6.21. The van der Waals surface area contributed by atoms with Gasteiger partial charge >= 0.3 is 0 Å². The number of hydrogen-bond acceptors (Lipinski definition) is 3. The van der Waals surface area contributed by atoms with Gasteiger partial charge in [-0.3, -0.25) is 0 Å². The van der Waals surface area contributed by atoms with Crippen LogP contribution in [-0.4, -0.2) is 18.8 Å². The van der Waals surface area contributed by atoms with Crippen LogP contribution in [0.4, 0.5) is 0 Å². The van der Waals surface area contributed by atoms with E-state index in [-0.39, 0.29) is 6.61 Å². The van der Waals surface area contributed by atoms with Gasteiger partial charge in [-0.25, -0.2) is 0 Å². The van der Waals surface area contributed by atoms with Crippen LogP contribution in [0.3, 0.4) is 0 Å². The smallest absolute Gasteiger partial charge is 0.118 e. The molecule has 0 aliphatic carbocycles. The van der Waals surface area contributed by atoms with E-state index in [1.165, 1.54) is 10.5 Å². The van der Waals surface area contributed by atoms with Crippen molar-refractivity contribution in [2.24, 2.45) is 0 Å². The first-order chi connectivity index (χ1) is 10.3. The van der Waals surface area contributed by atoms with E-state index in [1.807, 2.05) is 30.3 Å². The molecule has 0 amide bonds. The first kappa shape index (κ1) is 15.5. The van der Waals surface area contributed by atoms with E-state index in [1.54, 1.807) is 18.9 Å². The van der Waals surface area contributed by atoms with Gasteiger partial charge in [0.25, 0.3) is 0 Å². The zero-order chi connectivity index (χ0) is 14.9. The molecule has 0 spiro atoms. The van der Waals surface area contributed by atoms with Crippen LogP contribution in [0.25, 0.3) is 0 Å². The number of aliphatic hydroxyl groups is 1. The van der Waals surface area contributed by atoms with Crippen LogP contribution in [0, 0.1) is 11.8 Å². The second-order valence-corrected chi connectivity index (χ2v) is 5.45. The van der Waals surface area contributed by atoms with Crippen molar-refractivity contribution < 1.29 is 9.84 Å². The van der Waals surface area contributed by atoms with Crippen LogP contribution in [0.1, 0.15) is 17.5 Å². The van der Waals surface area contributed by atoms with Crippen molar-refractivity contribution in [1.82, 2.24) is 0 Å². The Hall–Kier alpha value is -1.89. The maximum absolute atomic E-state index is 8.79. The van der Waals surface area contributed by atoms with Crippen LogP contribution in [0.2, 0.25) is 0 Å². The highest BCUT2D eigenvalue weighted by molar-refractivity contribution is 7.98. The Morgan fingerprint density at radius 3 is 2.57 bits per heavy atom. The number of rotatable bonds is 5. The van der Waals surface area contributed by atoms with Gasteiger partial charge in [0, 0.05) is 22.6 Å². The summed E-state index contributed by atoms with van der Waals surface area (Å²) in [4.78, 5) is 1.20. The molecule has 0 saturated carbocycles. The summed E-state index contributed by atoms with van der Waals surface area (Å²) in [6, 6.07) is 16.2. The molecule has 0 radical (unpaired) electrons. The minimum Gasteiger partial charge on any atom is -0.497 e. The second kappa shape index (κ2) is 8.41. The standard InChI is InChI=1S/C18H18O2S/c1-20-17-9-11-18(12-10-17)21-14-16-8-3-2-6-15(16)7-4-5-13-19/h2-3,6,8-12,19H,5,13-14H2,1H3. The SMILES string of the molecule is COc1ccc(SCc2ccccc2C#CCCO)cc1. The van der Waals surface area contributed by atoms with Crippen LogP contribution < -0.4 is 4.74 Å². The van der Waals surface area contributed by atoms with Gasteiger partial charge in [-0.2, -0.15) is 0 Å². The Balaban J connectivity index is 2.04. The van der Waals surface area contributed by atoms with Gasteiger partial charge in [0.1, 0.15) is 5.75 Å². The van der Waals surface area contributed by atoms with E-state index < -0.39 is 0 Å². The van der Waals surface area contributed by atoms with Crippen LogP contribution >= 0.6 is 11.8 Å². The summed E-state index contributed by atoms with van der Waals surface area (Å²) >= 11 is 1.77. The minimum atomic E-state index is 0.107. The third-order valence-electron chi connectivity index (χ3n) is 2.93. The van der Waals surface area contributed by atoms with Crippen molar-refractivity contribution in [1.29, 1.82) is 0 Å². The van der Waals surface area contributed by atoms with Crippen molar-refractivity contribution in [3.8, 4) is 17.6 Å². The van der Waals surface area contributed by atoms with E-state index in [2.05, 4.69) is 30.0 Å². The molecular weight excluding hydrogens is 280 g/mol. The molecule has 2 aromatic rings. The van der Waals surface area contributed by atoms with Gasteiger partial charge < -0.3 is 9.84 Å². The number of aliphatic hydroxyl groups excluding tert-OH is 1. The zero-order valence-electron chi connectivity index (χ0n) is 12.0. The summed E-state index contributed by atoms with van der Waals surface area (Å²) < 4.78 is 5.16. The fraction of sp³-hybridized carbons (Fsp3) is 0.222. The number of ether oxygens (including phenoxy) is 1. The number of thioether (sulfide) groups is 1. The summed E-state index contributed by atoms with van der Waals surface area (Å²) in [5.41, 5.74) is 2.25. The normalized spacial score (nSPS) is 9.81. The van der Waals surface area contributed by atoms with E-state index in [4.69, 9.17) is 9.84 Å². The Labute approximate surface area is 130 Å². The second-order valence-electron chi connectivity index (χ2n) is 4.40. The third kappa shape index (κ3) is 4.86. The molecule has 0 aliphatic rings. The largest absolute Gasteiger partial charge is 0.497 e. The molecule has 2 aromatic carbocycles. The fourth-order valence-electron chi connectivity index (χ4n) is 1.81. The molecule has 0 fully saturated rings. The predicted octanol–water partition coefficient (Wildman–Crippen LogP) is 3.72. The number of hydrogen-bond donors (Lipinski definition) is 1. The number of methoxy groups -OCH3 is 1. The molecule has 0 heterocycles. The average Bonchev–Trinajstić information content (AvgIpc) is 2.54. The quantitative estimate of drug-likeness (QED) is 0.674. The lowest BCUT2D eigenvalue weighted by atomic mass is 10.1. The first-order valence-corrected chi connectivity index (χ1v) is 7.76. The molecule has 2 nitrogen and oxygen atoms in total. The van der Waals surface area contributed by atoms with Gasteiger partial charge in [-0.05, 0) is 35.9 Å². The van der Waals surface area contributed by atoms with Gasteiger partial charge in [0.2, 0.25) is 0 Å². The molecule has 21 heavy (non-hydrogen) atoms. The van der Waals surface area contributed by atoms with E-state index in [9.17, 15) is 0 Å². The van der Waals surface area contributed by atoms with Crippen LogP contribution in [0.15, 0.2) is 53.4 Å². The molecule has 2 rings (SSSR count). The maximum atomic E-state index is 8.79. The molecule has 0 aliphatic heterocycles. The maximum Gasteiger partial charge on any atom is 0.118 e. The highest BCUT2D eigenvalue weighted by atomic mass is 32.2. The predicted molar refractivity (Wildman–Crippen MR) is 87.6 cm³/mol. The molecule has 1 N–H and O–H groups in total. The summed E-state index contributed by atoms with van der Waals surface area (Å²) in [5.74, 6) is 7.85. The Morgan fingerprint density at radius 1 is 1.10 bits per heavy atom. The summed E-state index contributed by atoms with van der Waals surface area (Å²) in [5, 5.41) is 8.79. The van der Waals surface area contributed by atoms with Gasteiger partial charge in [0.15, 0.2) is 0 Å². The molecule has 0 saturated heterocycles. The molecule has 0 aromatic heterocycles. The van der Waals surface area contributed by atoms with E-state index >= 15 is 0 Å². The lowest BCUT2D eigenvalue weighted by Crippen LogP contribution is -1.88. The number of benzene rings is 2. The van der Waals surface area contributed by atoms with Gasteiger partial charge in [0.05, 0.1) is 13.7 Å². The average molecular weight is 298 g/mol. The van der Waals surface area contributed by atoms with Gasteiger partial charge in [-0.15, -0.1) is 11.8 Å². The molecular formula is C18H18O2S. The van der Waals surface area contributed by atoms with Crippen molar-refractivity contribution >= 4 is 11.8 Å². The molecule has 0 bridgehead atoms. The Morgan fingerprint density at radius 2 is 1.86 bits per heavy atom. The molecule has 0 unspecified atom stereocenters. The van der Waals surface area contributed by atoms with Crippen molar-refractivity contribution in [3.63, 3.8) is 0 Å². The molecule has 108 valence electrons.